The van der Waals surface area contributed by atoms with Crippen molar-refractivity contribution in [3.8, 4) is 0 Å². The molecule has 2 saturated heterocycles. The van der Waals surface area contributed by atoms with Gasteiger partial charge in [-0.05, 0) is 78.6 Å². The van der Waals surface area contributed by atoms with Gasteiger partial charge in [-0.15, -0.1) is 0 Å². The Labute approximate surface area is 225 Å². The molecule has 2 heterocycles. The van der Waals surface area contributed by atoms with Crippen molar-refractivity contribution in [2.45, 2.75) is 106 Å². The van der Waals surface area contributed by atoms with Crippen LogP contribution in [0.5, 0.6) is 0 Å². The highest BCUT2D eigenvalue weighted by atomic mass is 16.5. The van der Waals surface area contributed by atoms with Gasteiger partial charge < -0.3 is 14.5 Å². The molecule has 0 radical (unpaired) electrons. The summed E-state index contributed by atoms with van der Waals surface area (Å²) in [6, 6.07) is 1.90. The molecule has 0 bridgehead atoms. The van der Waals surface area contributed by atoms with E-state index in [1.165, 1.54) is 78.2 Å². The lowest BCUT2D eigenvalue weighted by molar-refractivity contribution is -0.0397. The molecule has 2 aliphatic heterocycles. The SMILES string of the molecule is CCCN1CCN(CC(C)(C)CCN(CC)CCOC(C)C)C(C2CN(C(C)C)CCN2CCC)C1. The fourth-order valence-electron chi connectivity index (χ4n) is 6.19. The van der Waals surface area contributed by atoms with Crippen LogP contribution in [0, 0.1) is 5.41 Å². The summed E-state index contributed by atoms with van der Waals surface area (Å²) in [7, 11) is 0. The summed E-state index contributed by atoms with van der Waals surface area (Å²) < 4.78 is 5.83. The predicted molar refractivity (Wildman–Crippen MR) is 156 cm³/mol. The molecule has 2 unspecified atom stereocenters. The van der Waals surface area contributed by atoms with E-state index in [4.69, 9.17) is 4.74 Å². The molecule has 0 aliphatic carbocycles. The van der Waals surface area contributed by atoms with Crippen LogP contribution >= 0.6 is 0 Å². The normalized spacial score (nSPS) is 24.0. The van der Waals surface area contributed by atoms with Gasteiger partial charge >= 0.3 is 0 Å². The highest BCUT2D eigenvalue weighted by Crippen LogP contribution is 2.28. The maximum absolute atomic E-state index is 5.83. The lowest BCUT2D eigenvalue weighted by atomic mass is 9.86. The van der Waals surface area contributed by atoms with E-state index >= 15 is 0 Å². The molecule has 2 rings (SSSR count). The van der Waals surface area contributed by atoms with E-state index in [1.54, 1.807) is 0 Å². The molecule has 0 aromatic rings. The minimum Gasteiger partial charge on any atom is -0.377 e. The van der Waals surface area contributed by atoms with Gasteiger partial charge in [-0.2, -0.15) is 0 Å². The van der Waals surface area contributed by atoms with Crippen LogP contribution in [0.4, 0.5) is 0 Å². The largest absolute Gasteiger partial charge is 0.377 e. The van der Waals surface area contributed by atoms with Crippen LogP contribution in [-0.4, -0.2) is 134 Å². The van der Waals surface area contributed by atoms with Crippen LogP contribution in [0.1, 0.15) is 81.6 Å². The van der Waals surface area contributed by atoms with Gasteiger partial charge in [-0.1, -0.05) is 34.6 Å². The molecule has 6 nitrogen and oxygen atoms in total. The topological polar surface area (TPSA) is 25.4 Å². The molecule has 0 aromatic heterocycles. The van der Waals surface area contributed by atoms with Crippen LogP contribution in [0.15, 0.2) is 0 Å². The third-order valence-electron chi connectivity index (χ3n) is 8.45. The fourth-order valence-corrected chi connectivity index (χ4v) is 6.19. The summed E-state index contributed by atoms with van der Waals surface area (Å²) in [6.07, 6.45) is 4.07. The first-order valence-electron chi connectivity index (χ1n) is 15.4. The highest BCUT2D eigenvalue weighted by molar-refractivity contribution is 4.98. The molecule has 0 N–H and O–H groups in total. The van der Waals surface area contributed by atoms with E-state index in [0.29, 0.717) is 29.6 Å². The predicted octanol–water partition coefficient (Wildman–Crippen LogP) is 4.35. The molecule has 214 valence electrons. The van der Waals surface area contributed by atoms with Crippen molar-refractivity contribution in [1.29, 1.82) is 0 Å². The molecular formula is C30H63N5O. The van der Waals surface area contributed by atoms with E-state index < -0.39 is 0 Å². The maximum Gasteiger partial charge on any atom is 0.0596 e. The Kier molecular flexibility index (Phi) is 14.2. The third-order valence-corrected chi connectivity index (χ3v) is 8.45. The highest BCUT2D eigenvalue weighted by Gasteiger charge is 2.40. The Balaban J connectivity index is 2.10. The number of hydrogen-bond donors (Lipinski definition) is 0. The molecule has 2 fully saturated rings. The standard InChI is InChI=1S/C30H63N5O/c1-10-14-32-17-18-35(25-30(8,9)13-16-31(12-3)21-22-36-27(6)7)28(23-32)29-24-34(26(4)5)20-19-33(29)15-11-2/h26-29H,10-25H2,1-9H3. The van der Waals surface area contributed by atoms with Crippen LogP contribution in [0.3, 0.4) is 0 Å². The first kappa shape index (κ1) is 32.0. The summed E-state index contributed by atoms with van der Waals surface area (Å²) in [5.74, 6) is 0. The fraction of sp³-hybridized carbons (Fsp3) is 1.00. The summed E-state index contributed by atoms with van der Waals surface area (Å²) >= 11 is 0. The van der Waals surface area contributed by atoms with Crippen LogP contribution in [0.25, 0.3) is 0 Å². The van der Waals surface area contributed by atoms with Gasteiger partial charge in [-0.3, -0.25) is 14.7 Å². The second-order valence-electron chi connectivity index (χ2n) is 12.8. The molecule has 6 heteroatoms. The minimum absolute atomic E-state index is 0.305. The Bertz CT molecular complexity index is 584. The molecular weight excluding hydrogens is 446 g/mol. The minimum atomic E-state index is 0.305. The average molecular weight is 510 g/mol. The van der Waals surface area contributed by atoms with Crippen molar-refractivity contribution in [2.75, 3.05) is 85.1 Å². The van der Waals surface area contributed by atoms with Crippen molar-refractivity contribution < 1.29 is 4.74 Å². The van der Waals surface area contributed by atoms with Gasteiger partial charge in [-0.25, -0.2) is 0 Å². The zero-order valence-electron chi connectivity index (χ0n) is 25.8. The Hall–Kier alpha value is -0.240. The van der Waals surface area contributed by atoms with Crippen molar-refractivity contribution >= 4 is 0 Å². The zero-order chi connectivity index (χ0) is 26.7. The van der Waals surface area contributed by atoms with E-state index in [9.17, 15) is 0 Å². The maximum atomic E-state index is 5.83. The first-order valence-corrected chi connectivity index (χ1v) is 15.4. The van der Waals surface area contributed by atoms with E-state index in [1.807, 2.05) is 0 Å². The summed E-state index contributed by atoms with van der Waals surface area (Å²) in [4.78, 5) is 13.8. The van der Waals surface area contributed by atoms with Gasteiger partial charge in [0.25, 0.3) is 0 Å². The van der Waals surface area contributed by atoms with Gasteiger partial charge in [0.15, 0.2) is 0 Å². The Morgan fingerprint density at radius 1 is 0.833 bits per heavy atom. The molecule has 2 aliphatic rings. The first-order chi connectivity index (χ1) is 17.1. The van der Waals surface area contributed by atoms with Crippen molar-refractivity contribution in [3.05, 3.63) is 0 Å². The monoisotopic (exact) mass is 510 g/mol. The number of ether oxygens (including phenoxy) is 1. The Morgan fingerprint density at radius 3 is 2.11 bits per heavy atom. The van der Waals surface area contributed by atoms with Crippen LogP contribution in [-0.2, 0) is 4.74 Å². The van der Waals surface area contributed by atoms with E-state index in [-0.39, 0.29) is 0 Å². The van der Waals surface area contributed by atoms with Crippen molar-refractivity contribution in [3.63, 3.8) is 0 Å². The molecule has 36 heavy (non-hydrogen) atoms. The lowest BCUT2D eigenvalue weighted by Gasteiger charge is -2.53. The molecule has 0 amide bonds. The van der Waals surface area contributed by atoms with Gasteiger partial charge in [0, 0.05) is 70.5 Å². The second-order valence-corrected chi connectivity index (χ2v) is 12.8. The third kappa shape index (κ3) is 10.5. The van der Waals surface area contributed by atoms with Crippen molar-refractivity contribution in [1.82, 2.24) is 24.5 Å². The number of hydrogen-bond acceptors (Lipinski definition) is 6. The molecule has 0 spiro atoms. The number of piperazine rings is 2. The molecule has 2 atom stereocenters. The van der Waals surface area contributed by atoms with Crippen molar-refractivity contribution in [2.24, 2.45) is 5.41 Å². The number of rotatable bonds is 16. The van der Waals surface area contributed by atoms with E-state index in [0.717, 1.165) is 26.2 Å². The summed E-state index contributed by atoms with van der Waals surface area (Å²) in [6.45, 7) is 36.2. The zero-order valence-corrected chi connectivity index (χ0v) is 25.8. The average Bonchev–Trinajstić information content (AvgIpc) is 2.82. The van der Waals surface area contributed by atoms with E-state index in [2.05, 4.69) is 86.8 Å². The lowest BCUT2D eigenvalue weighted by Crippen LogP contribution is -2.67. The number of nitrogens with zero attached hydrogens (tertiary/aromatic N) is 5. The quantitative estimate of drug-likeness (QED) is 0.307. The van der Waals surface area contributed by atoms with Gasteiger partial charge in [0.1, 0.15) is 0 Å². The van der Waals surface area contributed by atoms with Crippen LogP contribution in [0.2, 0.25) is 0 Å². The second kappa shape index (κ2) is 16.0. The van der Waals surface area contributed by atoms with Crippen LogP contribution < -0.4 is 0 Å². The summed E-state index contributed by atoms with van der Waals surface area (Å²) in [5.41, 5.74) is 0.305. The smallest absolute Gasteiger partial charge is 0.0596 e. The number of likely N-dealkylation sites (N-methyl/N-ethyl adjacent to an activating group) is 1. The van der Waals surface area contributed by atoms with Gasteiger partial charge in [0.05, 0.1) is 12.7 Å². The van der Waals surface area contributed by atoms with Gasteiger partial charge in [0.2, 0.25) is 0 Å². The molecule has 0 saturated carbocycles. The molecule has 0 aromatic carbocycles. The Morgan fingerprint density at radius 2 is 1.50 bits per heavy atom. The summed E-state index contributed by atoms with van der Waals surface area (Å²) in [5, 5.41) is 0.